The van der Waals surface area contributed by atoms with Gasteiger partial charge in [0, 0.05) is 29.7 Å². The lowest BCUT2D eigenvalue weighted by Gasteiger charge is -2.06. The first-order chi connectivity index (χ1) is 8.56. The Morgan fingerprint density at radius 3 is 2.56 bits per heavy atom. The van der Waals surface area contributed by atoms with Gasteiger partial charge in [0.15, 0.2) is 5.78 Å². The van der Waals surface area contributed by atoms with E-state index in [1.807, 2.05) is 35.9 Å². The molecule has 1 aromatic carbocycles. The average Bonchev–Trinajstić information content (AvgIpc) is 3.11. The third-order valence-corrected chi connectivity index (χ3v) is 3.74. The number of benzene rings is 1. The van der Waals surface area contributed by atoms with E-state index < -0.39 is 11.4 Å². The lowest BCUT2D eigenvalue weighted by atomic mass is 9.94. The number of Topliss-reactive ketones (excluding diaryl/α,β-unsaturated/α-hetero) is 1. The highest BCUT2D eigenvalue weighted by atomic mass is 16.4. The van der Waals surface area contributed by atoms with Crippen LogP contribution in [0.1, 0.15) is 23.2 Å². The lowest BCUT2D eigenvalue weighted by Crippen LogP contribution is -2.25. The third kappa shape index (κ3) is 1.32. The van der Waals surface area contributed by atoms with Gasteiger partial charge in [-0.1, -0.05) is 18.2 Å². The molecule has 1 heterocycles. The Morgan fingerprint density at radius 1 is 1.28 bits per heavy atom. The SMILES string of the molecule is Cn1cc(C(=O)C2(C(=O)O)CC2)c2ccccc21. The van der Waals surface area contributed by atoms with Gasteiger partial charge in [0.25, 0.3) is 0 Å². The molecule has 18 heavy (non-hydrogen) atoms. The molecule has 4 heteroatoms. The Hall–Kier alpha value is -2.10. The summed E-state index contributed by atoms with van der Waals surface area (Å²) in [4.78, 5) is 23.6. The summed E-state index contributed by atoms with van der Waals surface area (Å²) in [6, 6.07) is 7.55. The zero-order valence-corrected chi connectivity index (χ0v) is 10.0. The highest BCUT2D eigenvalue weighted by Crippen LogP contribution is 2.49. The number of nitrogens with zero attached hydrogens (tertiary/aromatic N) is 1. The number of aryl methyl sites for hydroxylation is 1. The second kappa shape index (κ2) is 3.45. The number of rotatable bonds is 3. The van der Waals surface area contributed by atoms with Crippen LogP contribution in [0, 0.1) is 5.41 Å². The molecule has 1 aliphatic rings. The van der Waals surface area contributed by atoms with Crippen LogP contribution in [0.2, 0.25) is 0 Å². The molecule has 0 unspecified atom stereocenters. The third-order valence-electron chi connectivity index (χ3n) is 3.74. The molecule has 2 aromatic rings. The van der Waals surface area contributed by atoms with Crippen molar-refractivity contribution in [2.45, 2.75) is 12.8 Å². The van der Waals surface area contributed by atoms with E-state index in [0.717, 1.165) is 10.9 Å². The number of fused-ring (bicyclic) bond motifs is 1. The molecule has 0 bridgehead atoms. The first-order valence-electron chi connectivity index (χ1n) is 5.88. The number of carboxylic acids is 1. The largest absolute Gasteiger partial charge is 0.480 e. The van der Waals surface area contributed by atoms with Crippen molar-refractivity contribution in [2.75, 3.05) is 0 Å². The molecule has 3 rings (SSSR count). The Kier molecular flexibility index (Phi) is 2.11. The Morgan fingerprint density at radius 2 is 1.94 bits per heavy atom. The number of ketones is 1. The summed E-state index contributed by atoms with van der Waals surface area (Å²) in [6.45, 7) is 0. The van der Waals surface area contributed by atoms with Gasteiger partial charge in [-0.25, -0.2) is 0 Å². The predicted molar refractivity (Wildman–Crippen MR) is 66.6 cm³/mol. The monoisotopic (exact) mass is 243 g/mol. The lowest BCUT2D eigenvalue weighted by molar-refractivity contribution is -0.141. The highest BCUT2D eigenvalue weighted by Gasteiger charge is 2.57. The minimum absolute atomic E-state index is 0.258. The maximum atomic E-state index is 12.4. The second-order valence-electron chi connectivity index (χ2n) is 4.89. The maximum absolute atomic E-state index is 12.4. The van der Waals surface area contributed by atoms with Gasteiger partial charge in [-0.15, -0.1) is 0 Å². The van der Waals surface area contributed by atoms with Crippen LogP contribution in [0.3, 0.4) is 0 Å². The van der Waals surface area contributed by atoms with Crippen LogP contribution in [0.5, 0.6) is 0 Å². The molecule has 1 aliphatic carbocycles. The molecule has 92 valence electrons. The number of hydrogen-bond acceptors (Lipinski definition) is 2. The zero-order chi connectivity index (χ0) is 12.9. The number of aliphatic carboxylic acids is 1. The van der Waals surface area contributed by atoms with Crippen molar-refractivity contribution in [1.82, 2.24) is 4.57 Å². The molecular weight excluding hydrogens is 230 g/mol. The van der Waals surface area contributed by atoms with Crippen LogP contribution in [0.25, 0.3) is 10.9 Å². The second-order valence-corrected chi connectivity index (χ2v) is 4.89. The first kappa shape index (κ1) is 11.0. The van der Waals surface area contributed by atoms with Crippen molar-refractivity contribution in [3.05, 3.63) is 36.0 Å². The van der Waals surface area contributed by atoms with Gasteiger partial charge in [-0.2, -0.15) is 0 Å². The fraction of sp³-hybridized carbons (Fsp3) is 0.286. The van der Waals surface area contributed by atoms with Gasteiger partial charge in [-0.3, -0.25) is 9.59 Å². The van der Waals surface area contributed by atoms with Gasteiger partial charge < -0.3 is 9.67 Å². The number of carbonyl (C=O) groups excluding carboxylic acids is 1. The fourth-order valence-corrected chi connectivity index (χ4v) is 2.44. The van der Waals surface area contributed by atoms with Crippen molar-refractivity contribution >= 4 is 22.7 Å². The number of para-hydroxylation sites is 1. The van der Waals surface area contributed by atoms with Crippen LogP contribution in [0.15, 0.2) is 30.5 Å². The van der Waals surface area contributed by atoms with Crippen LogP contribution in [-0.2, 0) is 11.8 Å². The van der Waals surface area contributed by atoms with Crippen molar-refractivity contribution in [3.63, 3.8) is 0 Å². The predicted octanol–water partition coefficient (Wildman–Crippen LogP) is 2.23. The Bertz CT molecular complexity index is 665. The standard InChI is InChI=1S/C14H13NO3/c1-15-8-10(9-4-2-3-5-11(9)15)12(16)14(6-7-14)13(17)18/h2-5,8H,6-7H2,1H3,(H,17,18). The van der Waals surface area contributed by atoms with Gasteiger partial charge in [0.05, 0.1) is 0 Å². The minimum atomic E-state index is -1.16. The molecule has 1 N–H and O–H groups in total. The normalized spacial score (nSPS) is 16.7. The minimum Gasteiger partial charge on any atom is -0.480 e. The number of aromatic nitrogens is 1. The summed E-state index contributed by atoms with van der Waals surface area (Å²) >= 11 is 0. The molecule has 1 aromatic heterocycles. The van der Waals surface area contributed by atoms with E-state index in [0.29, 0.717) is 18.4 Å². The first-order valence-corrected chi connectivity index (χ1v) is 5.88. The molecule has 1 saturated carbocycles. The van der Waals surface area contributed by atoms with E-state index in [1.54, 1.807) is 6.20 Å². The van der Waals surface area contributed by atoms with E-state index >= 15 is 0 Å². The molecule has 0 saturated heterocycles. The fourth-order valence-electron chi connectivity index (χ4n) is 2.44. The molecule has 0 aliphatic heterocycles. The summed E-state index contributed by atoms with van der Waals surface area (Å²) < 4.78 is 1.86. The van der Waals surface area contributed by atoms with Crippen molar-refractivity contribution < 1.29 is 14.7 Å². The van der Waals surface area contributed by atoms with Crippen LogP contribution in [-0.4, -0.2) is 21.4 Å². The van der Waals surface area contributed by atoms with Gasteiger partial charge >= 0.3 is 5.97 Å². The van der Waals surface area contributed by atoms with Crippen LogP contribution < -0.4 is 0 Å². The maximum Gasteiger partial charge on any atom is 0.317 e. The summed E-state index contributed by atoms with van der Waals surface area (Å²) in [5.74, 6) is -1.26. The zero-order valence-electron chi connectivity index (χ0n) is 10.0. The Labute approximate surface area is 104 Å². The molecule has 1 fully saturated rings. The highest BCUT2D eigenvalue weighted by molar-refractivity contribution is 6.19. The number of hydrogen-bond donors (Lipinski definition) is 1. The molecule has 0 amide bonds. The topological polar surface area (TPSA) is 59.3 Å². The summed E-state index contributed by atoms with van der Waals surface area (Å²) in [6.07, 6.45) is 2.63. The van der Waals surface area contributed by atoms with Gasteiger partial charge in [0.2, 0.25) is 0 Å². The quantitative estimate of drug-likeness (QED) is 0.664. The Balaban J connectivity index is 2.16. The van der Waals surface area contributed by atoms with Crippen molar-refractivity contribution in [2.24, 2.45) is 12.5 Å². The van der Waals surface area contributed by atoms with Crippen LogP contribution >= 0.6 is 0 Å². The van der Waals surface area contributed by atoms with Crippen molar-refractivity contribution in [3.8, 4) is 0 Å². The van der Waals surface area contributed by atoms with E-state index in [1.165, 1.54) is 0 Å². The van der Waals surface area contributed by atoms with Crippen LogP contribution in [0.4, 0.5) is 0 Å². The molecule has 0 radical (unpaired) electrons. The van der Waals surface area contributed by atoms with Gasteiger partial charge in [-0.05, 0) is 18.9 Å². The smallest absolute Gasteiger partial charge is 0.317 e. The summed E-state index contributed by atoms with van der Waals surface area (Å²) in [5, 5.41) is 10.0. The van der Waals surface area contributed by atoms with E-state index in [9.17, 15) is 14.7 Å². The summed E-state index contributed by atoms with van der Waals surface area (Å²) in [5.41, 5.74) is 0.305. The number of carboxylic acid groups (broad SMARTS) is 1. The van der Waals surface area contributed by atoms with E-state index in [-0.39, 0.29) is 5.78 Å². The van der Waals surface area contributed by atoms with E-state index in [2.05, 4.69) is 0 Å². The molecule has 4 nitrogen and oxygen atoms in total. The number of carbonyl (C=O) groups is 2. The average molecular weight is 243 g/mol. The van der Waals surface area contributed by atoms with E-state index in [4.69, 9.17) is 0 Å². The molecule has 0 atom stereocenters. The molecule has 0 spiro atoms. The van der Waals surface area contributed by atoms with Gasteiger partial charge in [0.1, 0.15) is 5.41 Å². The molecular formula is C14H13NO3. The van der Waals surface area contributed by atoms with Crippen molar-refractivity contribution in [1.29, 1.82) is 0 Å². The summed E-state index contributed by atoms with van der Waals surface area (Å²) in [7, 11) is 1.86.